The topological polar surface area (TPSA) is 74.3 Å². The molecule has 0 bridgehead atoms. The van der Waals surface area contributed by atoms with Crippen LogP contribution in [0.1, 0.15) is 24.0 Å². The predicted molar refractivity (Wildman–Crippen MR) is 134 cm³/mol. The van der Waals surface area contributed by atoms with Gasteiger partial charge in [-0.25, -0.2) is 14.8 Å². The normalized spacial score (nSPS) is 17.6. The summed E-state index contributed by atoms with van der Waals surface area (Å²) in [7, 11) is 0. The van der Waals surface area contributed by atoms with E-state index in [1.54, 1.807) is 11.1 Å². The summed E-state index contributed by atoms with van der Waals surface area (Å²) in [6.45, 7) is 3.91. The van der Waals surface area contributed by atoms with Crippen LogP contribution in [0.3, 0.4) is 0 Å². The fourth-order valence-electron chi connectivity index (χ4n) is 4.98. The summed E-state index contributed by atoms with van der Waals surface area (Å²) in [5.41, 5.74) is 2.19. The minimum absolute atomic E-state index is 0.251. The van der Waals surface area contributed by atoms with Crippen molar-refractivity contribution >= 4 is 28.6 Å². The first kappa shape index (κ1) is 23.3. The van der Waals surface area contributed by atoms with Crippen molar-refractivity contribution in [3.05, 3.63) is 71.9 Å². The number of benzene rings is 2. The maximum Gasteiger partial charge on any atom is 0.416 e. The predicted octanol–water partition coefficient (Wildman–Crippen LogP) is 5.95. The number of halogens is 3. The molecular formula is C27H24F3N5O2. The third-order valence-electron chi connectivity index (χ3n) is 7.15. The number of rotatable bonds is 3. The number of hydrogen-bond acceptors (Lipinski definition) is 5. The number of pyridine rings is 1. The number of piperidine rings is 1. The highest BCUT2D eigenvalue weighted by Gasteiger charge is 2.47. The number of amides is 1. The Balaban J connectivity index is 1.13. The number of H-pyrrole nitrogens is 1. The number of aryl methyl sites for hydroxylation is 1. The van der Waals surface area contributed by atoms with Crippen LogP contribution in [0.15, 0.2) is 60.8 Å². The smallest absolute Gasteiger partial charge is 0.416 e. The van der Waals surface area contributed by atoms with Gasteiger partial charge in [-0.05, 0) is 49.4 Å². The summed E-state index contributed by atoms with van der Waals surface area (Å²) in [6.07, 6.45) is -1.69. The van der Waals surface area contributed by atoms with Gasteiger partial charge < -0.3 is 14.6 Å². The Morgan fingerprint density at radius 2 is 1.78 bits per heavy atom. The Bertz CT molecular complexity index is 1460. The molecule has 4 heterocycles. The molecule has 4 aromatic rings. The number of imidazole rings is 1. The van der Waals surface area contributed by atoms with Gasteiger partial charge >= 0.3 is 12.3 Å². The monoisotopic (exact) mass is 507 g/mol. The molecule has 2 aliphatic heterocycles. The molecule has 37 heavy (non-hydrogen) atoms. The number of fused-ring (bicyclic) bond motifs is 1. The number of aromatic amines is 1. The van der Waals surface area contributed by atoms with Gasteiger partial charge in [0.15, 0.2) is 0 Å². The molecule has 0 saturated carbocycles. The van der Waals surface area contributed by atoms with E-state index in [0.29, 0.717) is 49.4 Å². The van der Waals surface area contributed by atoms with Crippen molar-refractivity contribution in [2.75, 3.05) is 29.4 Å². The van der Waals surface area contributed by atoms with E-state index >= 15 is 0 Å². The number of alkyl halides is 3. The fourth-order valence-corrected chi connectivity index (χ4v) is 4.98. The molecule has 190 valence electrons. The van der Waals surface area contributed by atoms with Crippen molar-refractivity contribution in [1.29, 1.82) is 0 Å². The number of hydrogen-bond donors (Lipinski definition) is 1. The Labute approximate surface area is 210 Å². The van der Waals surface area contributed by atoms with Crippen LogP contribution in [0.5, 0.6) is 0 Å². The van der Waals surface area contributed by atoms with Crippen molar-refractivity contribution < 1.29 is 22.7 Å². The second-order valence-electron chi connectivity index (χ2n) is 9.68. The van der Waals surface area contributed by atoms with Gasteiger partial charge in [0, 0.05) is 43.4 Å². The largest absolute Gasteiger partial charge is 0.440 e. The molecule has 2 aromatic heterocycles. The van der Waals surface area contributed by atoms with Gasteiger partial charge in [-0.15, -0.1) is 0 Å². The molecular weight excluding hydrogens is 483 g/mol. The summed E-state index contributed by atoms with van der Waals surface area (Å²) in [5.74, 6) is 1.24. The molecule has 2 aromatic carbocycles. The zero-order valence-corrected chi connectivity index (χ0v) is 20.0. The van der Waals surface area contributed by atoms with Crippen LogP contribution in [-0.4, -0.2) is 46.3 Å². The van der Waals surface area contributed by atoms with Crippen LogP contribution in [0, 0.1) is 6.92 Å². The quantitative estimate of drug-likeness (QED) is 0.371. The number of nitrogens with zero attached hydrogens (tertiary/aromatic N) is 4. The lowest BCUT2D eigenvalue weighted by Crippen LogP contribution is -2.47. The molecule has 0 unspecified atom stereocenters. The van der Waals surface area contributed by atoms with E-state index < -0.39 is 17.3 Å². The first-order valence-electron chi connectivity index (χ1n) is 12.0. The molecule has 0 atom stereocenters. The lowest BCUT2D eigenvalue weighted by Gasteiger charge is -2.38. The van der Waals surface area contributed by atoms with Gasteiger partial charge in [-0.2, -0.15) is 13.2 Å². The number of carbonyl (C=O) groups is 1. The molecule has 0 radical (unpaired) electrons. The van der Waals surface area contributed by atoms with Gasteiger partial charge in [0.25, 0.3) is 0 Å². The van der Waals surface area contributed by atoms with Gasteiger partial charge in [0.2, 0.25) is 0 Å². The number of nitrogens with one attached hydrogen (secondary N) is 1. The molecule has 2 saturated heterocycles. The zero-order chi connectivity index (χ0) is 25.8. The van der Waals surface area contributed by atoms with E-state index in [1.165, 1.54) is 6.07 Å². The number of ether oxygens (including phenoxy) is 1. The SMILES string of the molecule is Cc1ccc(N2CC3(CCN(c4ccc(-c5nc6cc(C(F)(F)F)ccc6[nH]5)cn4)CC3)OC2=O)cc1. The van der Waals surface area contributed by atoms with Crippen LogP contribution < -0.4 is 9.80 Å². The number of anilines is 2. The van der Waals surface area contributed by atoms with Crippen molar-refractivity contribution in [1.82, 2.24) is 15.0 Å². The Morgan fingerprint density at radius 3 is 2.46 bits per heavy atom. The third kappa shape index (κ3) is 4.36. The maximum absolute atomic E-state index is 13.0. The molecule has 2 aliphatic rings. The summed E-state index contributed by atoms with van der Waals surface area (Å²) in [4.78, 5) is 28.4. The summed E-state index contributed by atoms with van der Waals surface area (Å²) < 4.78 is 44.9. The maximum atomic E-state index is 13.0. The number of aromatic nitrogens is 3. The van der Waals surface area contributed by atoms with Crippen molar-refractivity contribution in [3.63, 3.8) is 0 Å². The van der Waals surface area contributed by atoms with Crippen molar-refractivity contribution in [2.24, 2.45) is 0 Å². The Hall–Kier alpha value is -4.08. The van der Waals surface area contributed by atoms with Crippen LogP contribution >= 0.6 is 0 Å². The van der Waals surface area contributed by atoms with Crippen LogP contribution in [0.25, 0.3) is 22.4 Å². The summed E-state index contributed by atoms with van der Waals surface area (Å²) in [5, 5.41) is 0. The summed E-state index contributed by atoms with van der Waals surface area (Å²) >= 11 is 0. The van der Waals surface area contributed by atoms with Crippen molar-refractivity contribution in [3.8, 4) is 11.4 Å². The van der Waals surface area contributed by atoms with E-state index in [1.807, 2.05) is 43.3 Å². The standard InChI is InChI=1S/C27H24F3N5O2/c1-17-2-6-20(7-3-17)35-16-26(37-25(35)36)10-12-34(13-11-26)23-9-4-18(15-31-23)24-32-21-8-5-19(27(28,29)30)14-22(21)33-24/h2-9,14-15H,10-13,16H2,1H3,(H,32,33). The van der Waals surface area contributed by atoms with E-state index in [4.69, 9.17) is 4.74 Å². The lowest BCUT2D eigenvalue weighted by atomic mass is 9.91. The zero-order valence-electron chi connectivity index (χ0n) is 20.0. The first-order valence-corrected chi connectivity index (χ1v) is 12.0. The third-order valence-corrected chi connectivity index (χ3v) is 7.15. The molecule has 1 N–H and O–H groups in total. The number of carbonyl (C=O) groups excluding carboxylic acids is 1. The van der Waals surface area contributed by atoms with Gasteiger partial charge in [-0.1, -0.05) is 17.7 Å². The van der Waals surface area contributed by atoms with Crippen molar-refractivity contribution in [2.45, 2.75) is 31.5 Å². The molecule has 0 aliphatic carbocycles. The second-order valence-corrected chi connectivity index (χ2v) is 9.68. The van der Waals surface area contributed by atoms with Gasteiger partial charge in [0.1, 0.15) is 17.2 Å². The van der Waals surface area contributed by atoms with Gasteiger partial charge in [0.05, 0.1) is 23.1 Å². The lowest BCUT2D eigenvalue weighted by molar-refractivity contribution is -0.137. The average molecular weight is 508 g/mol. The van der Waals surface area contributed by atoms with E-state index in [-0.39, 0.29) is 11.6 Å². The van der Waals surface area contributed by atoms with E-state index in [0.717, 1.165) is 29.2 Å². The molecule has 10 heteroatoms. The van der Waals surface area contributed by atoms with E-state index in [9.17, 15) is 18.0 Å². The Morgan fingerprint density at radius 1 is 1.03 bits per heavy atom. The molecule has 2 fully saturated rings. The molecule has 1 spiro atoms. The molecule has 6 rings (SSSR count). The van der Waals surface area contributed by atoms with Crippen LogP contribution in [-0.2, 0) is 10.9 Å². The minimum atomic E-state index is -4.42. The second kappa shape index (κ2) is 8.50. The molecule has 7 nitrogen and oxygen atoms in total. The Kier molecular flexibility index (Phi) is 5.36. The first-order chi connectivity index (χ1) is 17.7. The molecule has 1 amide bonds. The van der Waals surface area contributed by atoms with Gasteiger partial charge in [-0.3, -0.25) is 4.90 Å². The highest BCUT2D eigenvalue weighted by atomic mass is 19.4. The minimum Gasteiger partial charge on any atom is -0.440 e. The average Bonchev–Trinajstić information content (AvgIpc) is 3.45. The van der Waals surface area contributed by atoms with E-state index in [2.05, 4.69) is 19.9 Å². The highest BCUT2D eigenvalue weighted by Crippen LogP contribution is 2.37. The highest BCUT2D eigenvalue weighted by molar-refractivity contribution is 5.90. The summed E-state index contributed by atoms with van der Waals surface area (Å²) in [6, 6.07) is 15.0. The fraction of sp³-hybridized carbons (Fsp3) is 0.296. The van der Waals surface area contributed by atoms with Crippen LogP contribution in [0.2, 0.25) is 0 Å². The van der Waals surface area contributed by atoms with Crippen LogP contribution in [0.4, 0.5) is 29.5 Å².